The van der Waals surface area contributed by atoms with E-state index in [1.54, 1.807) is 18.2 Å². The fourth-order valence-electron chi connectivity index (χ4n) is 1.23. The van der Waals surface area contributed by atoms with E-state index in [1.807, 2.05) is 0 Å². The summed E-state index contributed by atoms with van der Waals surface area (Å²) in [5, 5.41) is 0.733. The van der Waals surface area contributed by atoms with Crippen molar-refractivity contribution in [1.82, 2.24) is 0 Å². The van der Waals surface area contributed by atoms with Gasteiger partial charge in [0.15, 0.2) is 5.58 Å². The zero-order valence-corrected chi connectivity index (χ0v) is 6.78. The quantitative estimate of drug-likeness (QED) is 0.462. The van der Waals surface area contributed by atoms with Gasteiger partial charge in [-0.15, -0.1) is 0 Å². The Morgan fingerprint density at radius 3 is 2.69 bits per heavy atom. The number of rotatable bonds is 0. The summed E-state index contributed by atoms with van der Waals surface area (Å²) >= 11 is 0. The summed E-state index contributed by atoms with van der Waals surface area (Å²) in [6.45, 7) is 0. The Morgan fingerprint density at radius 2 is 1.92 bits per heavy atom. The van der Waals surface area contributed by atoms with E-state index in [-0.39, 0.29) is 0 Å². The van der Waals surface area contributed by atoms with Gasteiger partial charge in [-0.1, -0.05) is 0 Å². The molecule has 66 valence electrons. The topological polar surface area (TPSA) is 82.2 Å². The Kier molecular flexibility index (Phi) is 1.48. The molecule has 0 bridgehead atoms. The summed E-state index contributed by atoms with van der Waals surface area (Å²) in [4.78, 5) is 10.9. The van der Waals surface area contributed by atoms with Crippen molar-refractivity contribution in [2.75, 3.05) is 11.5 Å². The summed E-state index contributed by atoms with van der Waals surface area (Å²) in [5.74, 6) is 0. The highest BCUT2D eigenvalue weighted by Crippen LogP contribution is 2.22. The number of anilines is 2. The monoisotopic (exact) mass is 176 g/mol. The summed E-state index contributed by atoms with van der Waals surface area (Å²) in [7, 11) is 0. The normalized spacial score (nSPS) is 10.5. The van der Waals surface area contributed by atoms with Crippen LogP contribution in [0.1, 0.15) is 0 Å². The second-order valence-corrected chi connectivity index (χ2v) is 2.78. The SMILES string of the molecule is Nc1cc(N)c2oc(=O)ccc2c1. The molecule has 0 radical (unpaired) electrons. The molecule has 0 saturated carbocycles. The van der Waals surface area contributed by atoms with Gasteiger partial charge >= 0.3 is 5.63 Å². The molecule has 0 aliphatic heterocycles. The Bertz CT molecular complexity index is 516. The van der Waals surface area contributed by atoms with Crippen molar-refractivity contribution in [3.05, 3.63) is 34.7 Å². The third-order valence-corrected chi connectivity index (χ3v) is 1.77. The summed E-state index contributed by atoms with van der Waals surface area (Å²) in [6, 6.07) is 6.23. The maximum absolute atomic E-state index is 10.9. The number of benzene rings is 1. The van der Waals surface area contributed by atoms with Gasteiger partial charge in [-0.3, -0.25) is 0 Å². The lowest BCUT2D eigenvalue weighted by molar-refractivity contribution is 0.562. The second kappa shape index (κ2) is 2.52. The molecule has 2 aromatic rings. The van der Waals surface area contributed by atoms with Crippen LogP contribution in [0.2, 0.25) is 0 Å². The average molecular weight is 176 g/mol. The first-order valence-corrected chi connectivity index (χ1v) is 3.76. The van der Waals surface area contributed by atoms with Crippen molar-refractivity contribution in [3.63, 3.8) is 0 Å². The Balaban J connectivity index is 2.95. The van der Waals surface area contributed by atoms with E-state index in [9.17, 15) is 4.79 Å². The van der Waals surface area contributed by atoms with E-state index < -0.39 is 5.63 Å². The molecule has 0 unspecified atom stereocenters. The van der Waals surface area contributed by atoms with E-state index >= 15 is 0 Å². The Morgan fingerprint density at radius 1 is 1.15 bits per heavy atom. The van der Waals surface area contributed by atoms with E-state index in [0.29, 0.717) is 17.0 Å². The van der Waals surface area contributed by atoms with E-state index in [4.69, 9.17) is 15.9 Å². The van der Waals surface area contributed by atoms with Crippen molar-refractivity contribution in [3.8, 4) is 0 Å². The van der Waals surface area contributed by atoms with Crippen LogP contribution in [0.25, 0.3) is 11.0 Å². The van der Waals surface area contributed by atoms with E-state index in [1.165, 1.54) is 6.07 Å². The molecule has 0 amide bonds. The van der Waals surface area contributed by atoms with Gasteiger partial charge in [0.2, 0.25) is 0 Å². The summed E-state index contributed by atoms with van der Waals surface area (Å²) in [5.41, 5.74) is 12.1. The molecule has 0 fully saturated rings. The minimum absolute atomic E-state index is 0.382. The van der Waals surface area contributed by atoms with Gasteiger partial charge in [0.25, 0.3) is 0 Å². The van der Waals surface area contributed by atoms with Gasteiger partial charge in [0.05, 0.1) is 5.69 Å². The molecular weight excluding hydrogens is 168 g/mol. The first-order chi connectivity index (χ1) is 6.16. The number of hydrogen-bond donors (Lipinski definition) is 2. The largest absolute Gasteiger partial charge is 0.421 e. The van der Waals surface area contributed by atoms with Crippen LogP contribution in [0.4, 0.5) is 11.4 Å². The molecule has 2 rings (SSSR count). The molecule has 0 aliphatic rings. The zero-order valence-electron chi connectivity index (χ0n) is 6.78. The molecule has 1 aromatic heterocycles. The third-order valence-electron chi connectivity index (χ3n) is 1.77. The van der Waals surface area contributed by atoms with Gasteiger partial charge in [-0.05, 0) is 18.2 Å². The summed E-state index contributed by atoms with van der Waals surface area (Å²) in [6.07, 6.45) is 0. The average Bonchev–Trinajstić information content (AvgIpc) is 2.06. The number of nitrogens with two attached hydrogens (primary N) is 2. The minimum Gasteiger partial charge on any atom is -0.421 e. The van der Waals surface area contributed by atoms with Gasteiger partial charge in [-0.25, -0.2) is 4.79 Å². The molecule has 1 aromatic carbocycles. The van der Waals surface area contributed by atoms with Crippen LogP contribution in [-0.2, 0) is 0 Å². The van der Waals surface area contributed by atoms with Crippen molar-refractivity contribution in [2.24, 2.45) is 0 Å². The molecule has 1 heterocycles. The maximum Gasteiger partial charge on any atom is 0.336 e. The summed E-state index contributed by atoms with van der Waals surface area (Å²) < 4.78 is 4.91. The van der Waals surface area contributed by atoms with Gasteiger partial charge in [-0.2, -0.15) is 0 Å². The minimum atomic E-state index is -0.413. The molecule has 4 N–H and O–H groups in total. The molecule has 0 aliphatic carbocycles. The van der Waals surface area contributed by atoms with E-state index in [0.717, 1.165) is 5.39 Å². The van der Waals surface area contributed by atoms with Crippen molar-refractivity contribution >= 4 is 22.3 Å². The molecule has 0 spiro atoms. The smallest absolute Gasteiger partial charge is 0.336 e. The van der Waals surface area contributed by atoms with Crippen LogP contribution in [0.15, 0.2) is 33.5 Å². The first kappa shape index (κ1) is 7.67. The standard InChI is InChI=1S/C9H8N2O2/c10-6-3-5-1-2-8(12)13-9(5)7(11)4-6/h1-4H,10-11H2. The van der Waals surface area contributed by atoms with Gasteiger partial charge in [0.1, 0.15) is 0 Å². The zero-order chi connectivity index (χ0) is 9.42. The Hall–Kier alpha value is -1.97. The number of nitrogen functional groups attached to an aromatic ring is 2. The van der Waals surface area contributed by atoms with Crippen molar-refractivity contribution in [2.45, 2.75) is 0 Å². The first-order valence-electron chi connectivity index (χ1n) is 3.76. The highest BCUT2D eigenvalue weighted by molar-refractivity contribution is 5.90. The lowest BCUT2D eigenvalue weighted by Gasteiger charge is -2.00. The van der Waals surface area contributed by atoms with Crippen LogP contribution in [0.3, 0.4) is 0 Å². The highest BCUT2D eigenvalue weighted by atomic mass is 16.4. The number of hydrogen-bond acceptors (Lipinski definition) is 4. The molecule has 0 atom stereocenters. The van der Waals surface area contributed by atoms with Crippen LogP contribution in [-0.4, -0.2) is 0 Å². The van der Waals surface area contributed by atoms with Gasteiger partial charge < -0.3 is 15.9 Å². The molecule has 13 heavy (non-hydrogen) atoms. The predicted octanol–water partition coefficient (Wildman–Crippen LogP) is 0.957. The maximum atomic E-state index is 10.9. The molecule has 4 nitrogen and oxygen atoms in total. The molecular formula is C9H8N2O2. The van der Waals surface area contributed by atoms with Crippen molar-refractivity contribution in [1.29, 1.82) is 0 Å². The fourth-order valence-corrected chi connectivity index (χ4v) is 1.23. The van der Waals surface area contributed by atoms with Crippen molar-refractivity contribution < 1.29 is 4.42 Å². The highest BCUT2D eigenvalue weighted by Gasteiger charge is 2.01. The van der Waals surface area contributed by atoms with Crippen LogP contribution < -0.4 is 17.1 Å². The van der Waals surface area contributed by atoms with Crippen LogP contribution in [0, 0.1) is 0 Å². The van der Waals surface area contributed by atoms with E-state index in [2.05, 4.69) is 0 Å². The molecule has 4 heteroatoms. The number of fused-ring (bicyclic) bond motifs is 1. The fraction of sp³-hybridized carbons (Fsp3) is 0. The third kappa shape index (κ3) is 1.22. The van der Waals surface area contributed by atoms with Gasteiger partial charge in [0, 0.05) is 17.1 Å². The van der Waals surface area contributed by atoms with Crippen LogP contribution in [0.5, 0.6) is 0 Å². The van der Waals surface area contributed by atoms with Crippen LogP contribution >= 0.6 is 0 Å². The predicted molar refractivity (Wildman–Crippen MR) is 51.3 cm³/mol. The lowest BCUT2D eigenvalue weighted by Crippen LogP contribution is -1.98. The second-order valence-electron chi connectivity index (χ2n) is 2.78. The lowest BCUT2D eigenvalue weighted by atomic mass is 10.2. The Labute approximate surface area is 73.8 Å². The molecule has 0 saturated heterocycles.